The highest BCUT2D eigenvalue weighted by Gasteiger charge is 2.28. The van der Waals surface area contributed by atoms with E-state index in [1.54, 1.807) is 85.5 Å². The van der Waals surface area contributed by atoms with Gasteiger partial charge in [0.15, 0.2) is 0 Å². The molecule has 4 aromatic heterocycles. The maximum Gasteiger partial charge on any atom is 0.243 e. The molecule has 0 bridgehead atoms. The molecule has 0 aliphatic carbocycles. The van der Waals surface area contributed by atoms with Crippen LogP contribution >= 0.6 is 0 Å². The number of hydrogen-bond acceptors (Lipinski definition) is 8. The highest BCUT2D eigenvalue weighted by atomic mass is 32.2. The lowest BCUT2D eigenvalue weighted by molar-refractivity contribution is 0.352. The van der Waals surface area contributed by atoms with Gasteiger partial charge in [-0.05, 0) is 90.3 Å². The van der Waals surface area contributed by atoms with Crippen LogP contribution in [0.5, 0.6) is 0 Å². The largest absolute Gasteiger partial charge is 0.464 e. The predicted octanol–water partition coefficient (Wildman–Crippen LogP) is 5.44. The highest BCUT2D eigenvalue weighted by Crippen LogP contribution is 2.26. The lowest BCUT2D eigenvalue weighted by Gasteiger charge is -2.26. The number of benzene rings is 2. The van der Waals surface area contributed by atoms with Crippen LogP contribution < -0.4 is 0 Å². The highest BCUT2D eigenvalue weighted by molar-refractivity contribution is 7.89. The second kappa shape index (κ2) is 12.1. The number of pyridine rings is 2. The minimum atomic E-state index is -3.95. The Bertz CT molecular complexity index is 1910. The van der Waals surface area contributed by atoms with E-state index in [2.05, 4.69) is 9.97 Å². The number of rotatable bonds is 12. The molecule has 6 rings (SSSR count). The zero-order chi connectivity index (χ0) is 29.9. The summed E-state index contributed by atoms with van der Waals surface area (Å²) in [5.74, 6) is 0. The molecule has 12 heteroatoms. The van der Waals surface area contributed by atoms with E-state index < -0.39 is 20.0 Å². The van der Waals surface area contributed by atoms with Gasteiger partial charge in [-0.2, -0.15) is 8.61 Å². The van der Waals surface area contributed by atoms with Gasteiger partial charge in [-0.15, -0.1) is 0 Å². The first-order chi connectivity index (χ1) is 20.8. The first-order valence-corrected chi connectivity index (χ1v) is 16.4. The standard InChI is InChI=1S/C31H28N4O6S2/c36-42(37,28-2-4-30-26(20-28)10-18-40-30)34(22-24-6-12-32-13-7-24)16-1-17-35(23-25-8-14-33-15-9-25)43(38,39)29-3-5-31-27(21-29)11-19-41-31/h2-15,18-21H,1,16-17,22-23H2. The first-order valence-electron chi connectivity index (χ1n) is 13.5. The third-order valence-corrected chi connectivity index (χ3v) is 10.8. The zero-order valence-electron chi connectivity index (χ0n) is 23.0. The molecule has 43 heavy (non-hydrogen) atoms. The van der Waals surface area contributed by atoms with Gasteiger partial charge in [0.05, 0.1) is 22.3 Å². The number of furan rings is 2. The fraction of sp³-hybridized carbons (Fsp3) is 0.161. The summed E-state index contributed by atoms with van der Waals surface area (Å²) < 4.78 is 69.2. The summed E-state index contributed by atoms with van der Waals surface area (Å²) in [6.45, 7) is 0.361. The first kappa shape index (κ1) is 28.7. The van der Waals surface area contributed by atoms with Crippen molar-refractivity contribution in [2.75, 3.05) is 13.1 Å². The van der Waals surface area contributed by atoms with Gasteiger partial charge in [-0.3, -0.25) is 9.97 Å². The lowest BCUT2D eigenvalue weighted by Crippen LogP contribution is -2.36. The minimum absolute atomic E-state index is 0.0806. The molecule has 0 N–H and O–H groups in total. The third-order valence-electron chi connectivity index (χ3n) is 7.15. The molecule has 6 aromatic rings. The molecule has 0 aliphatic rings. The topological polar surface area (TPSA) is 127 Å². The fourth-order valence-electron chi connectivity index (χ4n) is 4.88. The van der Waals surface area contributed by atoms with Crippen LogP contribution in [0.2, 0.25) is 0 Å². The van der Waals surface area contributed by atoms with E-state index in [-0.39, 0.29) is 42.4 Å². The van der Waals surface area contributed by atoms with Crippen LogP contribution in [0.25, 0.3) is 21.9 Å². The van der Waals surface area contributed by atoms with E-state index in [0.717, 1.165) is 11.1 Å². The molecule has 0 unspecified atom stereocenters. The maximum atomic E-state index is 13.9. The van der Waals surface area contributed by atoms with Crippen LogP contribution in [0.1, 0.15) is 17.5 Å². The maximum absolute atomic E-state index is 13.9. The summed E-state index contributed by atoms with van der Waals surface area (Å²) in [4.78, 5) is 8.33. The van der Waals surface area contributed by atoms with Crippen molar-refractivity contribution in [1.82, 2.24) is 18.6 Å². The molecule has 0 aliphatic heterocycles. The summed E-state index contributed by atoms with van der Waals surface area (Å²) in [7, 11) is -7.89. The van der Waals surface area contributed by atoms with Crippen LogP contribution in [-0.4, -0.2) is 48.5 Å². The monoisotopic (exact) mass is 616 g/mol. The quantitative estimate of drug-likeness (QED) is 0.178. The van der Waals surface area contributed by atoms with Gasteiger partial charge in [-0.25, -0.2) is 16.8 Å². The predicted molar refractivity (Wildman–Crippen MR) is 161 cm³/mol. The molecule has 10 nitrogen and oxygen atoms in total. The van der Waals surface area contributed by atoms with E-state index in [9.17, 15) is 16.8 Å². The number of nitrogens with zero attached hydrogens (tertiary/aromatic N) is 4. The Morgan fingerprint density at radius 1 is 0.558 bits per heavy atom. The van der Waals surface area contributed by atoms with E-state index in [1.165, 1.54) is 33.3 Å². The van der Waals surface area contributed by atoms with Gasteiger partial charge in [0, 0.05) is 61.7 Å². The average molecular weight is 617 g/mol. The number of sulfonamides is 2. The molecule has 0 fully saturated rings. The molecule has 0 saturated carbocycles. The average Bonchev–Trinajstić information content (AvgIpc) is 3.70. The second-order valence-corrected chi connectivity index (χ2v) is 13.9. The van der Waals surface area contributed by atoms with Crippen LogP contribution in [0.15, 0.2) is 129 Å². The molecule has 4 heterocycles. The minimum Gasteiger partial charge on any atom is -0.464 e. The fourth-order valence-corrected chi connectivity index (χ4v) is 7.89. The molecule has 220 valence electrons. The van der Waals surface area contributed by atoms with E-state index in [0.29, 0.717) is 21.9 Å². The Morgan fingerprint density at radius 3 is 1.40 bits per heavy atom. The molecular weight excluding hydrogens is 588 g/mol. The molecule has 0 atom stereocenters. The SMILES string of the molecule is O=S(=O)(c1ccc2occc2c1)N(CCCN(Cc1ccncc1)S(=O)(=O)c1ccc2occc2c1)Cc1ccncc1. The van der Waals surface area contributed by atoms with Gasteiger partial charge < -0.3 is 8.83 Å². The van der Waals surface area contributed by atoms with Crippen molar-refractivity contribution in [1.29, 1.82) is 0 Å². The molecule has 0 saturated heterocycles. The molecule has 0 amide bonds. The van der Waals surface area contributed by atoms with Gasteiger partial charge in [0.2, 0.25) is 20.0 Å². The van der Waals surface area contributed by atoms with Crippen LogP contribution in [-0.2, 0) is 33.1 Å². The lowest BCUT2D eigenvalue weighted by atomic mass is 10.2. The molecule has 0 radical (unpaired) electrons. The Hall–Kier alpha value is -4.36. The Morgan fingerprint density at radius 2 is 0.977 bits per heavy atom. The van der Waals surface area contributed by atoms with E-state index in [1.807, 2.05) is 0 Å². The number of hydrogen-bond donors (Lipinski definition) is 0. The van der Waals surface area contributed by atoms with Crippen molar-refractivity contribution in [3.8, 4) is 0 Å². The van der Waals surface area contributed by atoms with Gasteiger partial charge >= 0.3 is 0 Å². The van der Waals surface area contributed by atoms with Gasteiger partial charge in [0.1, 0.15) is 11.2 Å². The van der Waals surface area contributed by atoms with Gasteiger partial charge in [-0.1, -0.05) is 0 Å². The summed E-state index contributed by atoms with van der Waals surface area (Å²) in [5, 5.41) is 1.35. The van der Waals surface area contributed by atoms with E-state index in [4.69, 9.17) is 8.83 Å². The summed E-state index contributed by atoms with van der Waals surface area (Å²) in [5.41, 5.74) is 2.70. The van der Waals surface area contributed by atoms with Crippen molar-refractivity contribution in [2.45, 2.75) is 29.3 Å². The molecule has 0 spiro atoms. The van der Waals surface area contributed by atoms with Crippen molar-refractivity contribution >= 4 is 42.0 Å². The summed E-state index contributed by atoms with van der Waals surface area (Å²) in [6, 6.07) is 19.9. The van der Waals surface area contributed by atoms with Crippen molar-refractivity contribution in [2.24, 2.45) is 0 Å². The van der Waals surface area contributed by atoms with E-state index >= 15 is 0 Å². The van der Waals surface area contributed by atoms with Gasteiger partial charge in [0.25, 0.3) is 0 Å². The molecular formula is C31H28N4O6S2. The number of fused-ring (bicyclic) bond motifs is 2. The number of aromatic nitrogens is 2. The Labute approximate surface area is 249 Å². The van der Waals surface area contributed by atoms with Crippen LogP contribution in [0.3, 0.4) is 0 Å². The Kier molecular flexibility index (Phi) is 8.08. The summed E-state index contributed by atoms with van der Waals surface area (Å²) >= 11 is 0. The normalized spacial score (nSPS) is 12.5. The van der Waals surface area contributed by atoms with Crippen molar-refractivity contribution < 1.29 is 25.7 Å². The third kappa shape index (κ3) is 6.22. The van der Waals surface area contributed by atoms with Crippen LogP contribution in [0.4, 0.5) is 0 Å². The summed E-state index contributed by atoms with van der Waals surface area (Å²) in [6.07, 6.45) is 9.70. The zero-order valence-corrected chi connectivity index (χ0v) is 24.6. The molecule has 2 aromatic carbocycles. The smallest absolute Gasteiger partial charge is 0.243 e. The Balaban J connectivity index is 1.28. The van der Waals surface area contributed by atoms with Crippen molar-refractivity contribution in [3.05, 3.63) is 121 Å². The van der Waals surface area contributed by atoms with Crippen molar-refractivity contribution in [3.63, 3.8) is 0 Å². The van der Waals surface area contributed by atoms with Crippen LogP contribution in [0, 0.1) is 0 Å². The second-order valence-electron chi connectivity index (χ2n) is 9.98.